The summed E-state index contributed by atoms with van der Waals surface area (Å²) in [5.41, 5.74) is 5.30. The first-order valence-electron chi connectivity index (χ1n) is 6.58. The summed E-state index contributed by atoms with van der Waals surface area (Å²) in [5, 5.41) is 5.11. The third-order valence-corrected chi connectivity index (χ3v) is 4.08. The van der Waals surface area contributed by atoms with Gasteiger partial charge in [-0.05, 0) is 24.3 Å². The van der Waals surface area contributed by atoms with Gasteiger partial charge in [-0.25, -0.2) is 19.8 Å². The molecule has 1 aromatic carbocycles. The van der Waals surface area contributed by atoms with Gasteiger partial charge in [-0.3, -0.25) is 0 Å². The maximum Gasteiger partial charge on any atom is 0.123 e. The zero-order valence-corrected chi connectivity index (χ0v) is 11.8. The van der Waals surface area contributed by atoms with Crippen molar-refractivity contribution in [1.82, 2.24) is 15.4 Å². The first-order chi connectivity index (χ1) is 9.81. The molecule has 0 atom stereocenters. The van der Waals surface area contributed by atoms with E-state index in [0.717, 1.165) is 42.6 Å². The summed E-state index contributed by atoms with van der Waals surface area (Å²) in [7, 11) is 0. The van der Waals surface area contributed by atoms with E-state index in [1.807, 2.05) is 5.38 Å². The Balaban J connectivity index is 1.60. The molecule has 106 valence electrons. The smallest absolute Gasteiger partial charge is 0.123 e. The van der Waals surface area contributed by atoms with Gasteiger partial charge in [-0.1, -0.05) is 0 Å². The Hall–Kier alpha value is -1.34. The molecule has 6 heteroatoms. The van der Waals surface area contributed by atoms with Crippen LogP contribution in [0.3, 0.4) is 0 Å². The maximum atomic E-state index is 12.9. The molecule has 20 heavy (non-hydrogen) atoms. The molecule has 0 spiro atoms. The van der Waals surface area contributed by atoms with Gasteiger partial charge in [-0.15, -0.1) is 11.3 Å². The second-order valence-electron chi connectivity index (χ2n) is 4.59. The molecule has 1 aromatic heterocycles. The highest BCUT2D eigenvalue weighted by atomic mass is 32.1. The van der Waals surface area contributed by atoms with Gasteiger partial charge in [-0.2, -0.15) is 0 Å². The Morgan fingerprint density at radius 3 is 2.75 bits per heavy atom. The first kappa shape index (κ1) is 13.6. The molecular weight excluding hydrogens is 277 g/mol. The zero-order valence-electron chi connectivity index (χ0n) is 11.0. The summed E-state index contributed by atoms with van der Waals surface area (Å²) < 4.78 is 18.2. The highest BCUT2D eigenvalue weighted by molar-refractivity contribution is 7.13. The molecular formula is C14H16FN3OS. The van der Waals surface area contributed by atoms with Crippen molar-refractivity contribution in [3.05, 3.63) is 41.2 Å². The molecule has 3 rings (SSSR count). The molecule has 1 saturated heterocycles. The van der Waals surface area contributed by atoms with Crippen LogP contribution in [0, 0.1) is 5.82 Å². The van der Waals surface area contributed by atoms with Crippen LogP contribution in [0.15, 0.2) is 29.6 Å². The number of rotatable bonds is 4. The van der Waals surface area contributed by atoms with Gasteiger partial charge in [0.25, 0.3) is 0 Å². The van der Waals surface area contributed by atoms with Crippen LogP contribution in [0.4, 0.5) is 4.39 Å². The number of aromatic nitrogens is 1. The van der Waals surface area contributed by atoms with Gasteiger partial charge in [0, 0.05) is 24.0 Å². The predicted molar refractivity (Wildman–Crippen MR) is 76.7 cm³/mol. The Morgan fingerprint density at radius 2 is 2.00 bits per heavy atom. The van der Waals surface area contributed by atoms with Crippen LogP contribution in [-0.2, 0) is 11.3 Å². The summed E-state index contributed by atoms with van der Waals surface area (Å²) in [4.78, 5) is 4.57. The summed E-state index contributed by atoms with van der Waals surface area (Å²) in [6.07, 6.45) is 0. The Bertz CT molecular complexity index is 552. The molecule has 2 heterocycles. The molecule has 0 bridgehead atoms. The van der Waals surface area contributed by atoms with E-state index in [4.69, 9.17) is 4.74 Å². The van der Waals surface area contributed by atoms with Gasteiger partial charge < -0.3 is 4.74 Å². The molecule has 1 N–H and O–H groups in total. The molecule has 0 unspecified atom stereocenters. The first-order valence-corrected chi connectivity index (χ1v) is 7.46. The number of hydrogen-bond donors (Lipinski definition) is 1. The van der Waals surface area contributed by atoms with Crippen molar-refractivity contribution in [1.29, 1.82) is 0 Å². The molecule has 0 amide bonds. The zero-order chi connectivity index (χ0) is 13.8. The molecule has 1 fully saturated rings. The molecule has 1 aliphatic rings. The van der Waals surface area contributed by atoms with E-state index in [-0.39, 0.29) is 5.82 Å². The average Bonchev–Trinajstić information content (AvgIpc) is 2.96. The predicted octanol–water partition coefficient (Wildman–Crippen LogP) is 2.29. The topological polar surface area (TPSA) is 37.4 Å². The van der Waals surface area contributed by atoms with Crippen LogP contribution in [-0.4, -0.2) is 36.3 Å². The van der Waals surface area contributed by atoms with Crippen molar-refractivity contribution >= 4 is 11.3 Å². The summed E-state index contributed by atoms with van der Waals surface area (Å²) in [6, 6.07) is 6.44. The Kier molecular flexibility index (Phi) is 4.37. The quantitative estimate of drug-likeness (QED) is 0.938. The highest BCUT2D eigenvalue weighted by Gasteiger charge is 2.10. The van der Waals surface area contributed by atoms with Crippen molar-refractivity contribution in [3.63, 3.8) is 0 Å². The second kappa shape index (κ2) is 6.41. The minimum atomic E-state index is -0.223. The summed E-state index contributed by atoms with van der Waals surface area (Å²) >= 11 is 1.58. The number of halogens is 1. The highest BCUT2D eigenvalue weighted by Crippen LogP contribution is 2.23. The van der Waals surface area contributed by atoms with E-state index in [9.17, 15) is 4.39 Å². The Labute approximate surface area is 121 Å². The second-order valence-corrected chi connectivity index (χ2v) is 5.44. The lowest BCUT2D eigenvalue weighted by atomic mass is 10.2. The number of ether oxygens (including phenoxy) is 1. The number of hydrazine groups is 1. The molecule has 2 aromatic rings. The van der Waals surface area contributed by atoms with E-state index in [2.05, 4.69) is 15.4 Å². The lowest BCUT2D eigenvalue weighted by Gasteiger charge is -2.26. The van der Waals surface area contributed by atoms with Crippen molar-refractivity contribution in [2.24, 2.45) is 0 Å². The minimum absolute atomic E-state index is 0.223. The van der Waals surface area contributed by atoms with Crippen LogP contribution in [0.25, 0.3) is 10.6 Å². The van der Waals surface area contributed by atoms with E-state index in [1.165, 1.54) is 12.1 Å². The van der Waals surface area contributed by atoms with Crippen molar-refractivity contribution in [2.45, 2.75) is 6.54 Å². The van der Waals surface area contributed by atoms with Gasteiger partial charge in [0.15, 0.2) is 0 Å². The van der Waals surface area contributed by atoms with E-state index < -0.39 is 0 Å². The summed E-state index contributed by atoms with van der Waals surface area (Å²) in [6.45, 7) is 4.04. The molecule has 0 saturated carbocycles. The number of morpholine rings is 1. The number of nitrogens with one attached hydrogen (secondary N) is 1. The number of thiazole rings is 1. The van der Waals surface area contributed by atoms with Gasteiger partial charge in [0.2, 0.25) is 0 Å². The normalized spacial score (nSPS) is 16.4. The largest absolute Gasteiger partial charge is 0.379 e. The van der Waals surface area contributed by atoms with Crippen molar-refractivity contribution in [3.8, 4) is 10.6 Å². The lowest BCUT2D eigenvalue weighted by Crippen LogP contribution is -2.45. The monoisotopic (exact) mass is 293 g/mol. The number of benzene rings is 1. The molecule has 0 aliphatic carbocycles. The molecule has 1 aliphatic heterocycles. The Morgan fingerprint density at radius 1 is 1.25 bits per heavy atom. The fourth-order valence-corrected chi connectivity index (χ4v) is 2.85. The van der Waals surface area contributed by atoms with Crippen LogP contribution in [0.2, 0.25) is 0 Å². The number of nitrogens with zero attached hydrogens (tertiary/aromatic N) is 2. The van der Waals surface area contributed by atoms with Crippen molar-refractivity contribution in [2.75, 3.05) is 26.3 Å². The fraction of sp³-hybridized carbons (Fsp3) is 0.357. The SMILES string of the molecule is Fc1ccc(-c2nc(CNN3CCOCC3)cs2)cc1. The van der Waals surface area contributed by atoms with Crippen LogP contribution >= 0.6 is 11.3 Å². The third-order valence-electron chi connectivity index (χ3n) is 3.14. The average molecular weight is 293 g/mol. The standard InChI is InChI=1S/C14H16FN3OS/c15-12-3-1-11(2-4-12)14-17-13(10-20-14)9-16-18-5-7-19-8-6-18/h1-4,10,16H,5-9H2. The van der Waals surface area contributed by atoms with Gasteiger partial charge in [0.05, 0.1) is 25.5 Å². The van der Waals surface area contributed by atoms with Crippen LogP contribution in [0.5, 0.6) is 0 Å². The third kappa shape index (κ3) is 3.40. The van der Waals surface area contributed by atoms with Gasteiger partial charge in [0.1, 0.15) is 10.8 Å². The maximum absolute atomic E-state index is 12.9. The minimum Gasteiger partial charge on any atom is -0.379 e. The lowest BCUT2D eigenvalue weighted by molar-refractivity contribution is 0.0104. The molecule has 4 nitrogen and oxygen atoms in total. The van der Waals surface area contributed by atoms with Crippen LogP contribution < -0.4 is 5.43 Å². The molecule has 0 radical (unpaired) electrons. The van der Waals surface area contributed by atoms with E-state index in [1.54, 1.807) is 23.5 Å². The van der Waals surface area contributed by atoms with Gasteiger partial charge >= 0.3 is 0 Å². The van der Waals surface area contributed by atoms with E-state index in [0.29, 0.717) is 6.54 Å². The van der Waals surface area contributed by atoms with E-state index >= 15 is 0 Å². The van der Waals surface area contributed by atoms with Crippen molar-refractivity contribution < 1.29 is 9.13 Å². The number of hydrogen-bond acceptors (Lipinski definition) is 5. The van der Waals surface area contributed by atoms with Crippen LogP contribution in [0.1, 0.15) is 5.69 Å². The summed E-state index contributed by atoms with van der Waals surface area (Å²) in [5.74, 6) is -0.223. The fourth-order valence-electron chi connectivity index (χ4n) is 2.03.